The minimum absolute atomic E-state index is 0.334. The molecule has 2 aromatic rings. The molecule has 5 nitrogen and oxygen atoms in total. The highest BCUT2D eigenvalue weighted by molar-refractivity contribution is 5.70. The third-order valence-corrected chi connectivity index (χ3v) is 2.40. The van der Waals surface area contributed by atoms with Crippen molar-refractivity contribution in [1.82, 2.24) is 4.98 Å². The maximum Gasteiger partial charge on any atom is 0.233 e. The molecular formula is C12H14N2O3. The summed E-state index contributed by atoms with van der Waals surface area (Å²) in [6.07, 6.45) is 1.53. The molecule has 2 N–H and O–H groups in total. The van der Waals surface area contributed by atoms with E-state index in [1.165, 1.54) is 6.26 Å². The van der Waals surface area contributed by atoms with E-state index >= 15 is 0 Å². The largest absolute Gasteiger partial charge is 0.496 e. The Bertz CT molecular complexity index is 486. The highest BCUT2D eigenvalue weighted by Crippen LogP contribution is 2.37. The van der Waals surface area contributed by atoms with Crippen LogP contribution < -0.4 is 15.2 Å². The fourth-order valence-electron chi connectivity index (χ4n) is 1.58. The Morgan fingerprint density at radius 2 is 1.88 bits per heavy atom. The molecule has 0 atom stereocenters. The van der Waals surface area contributed by atoms with Gasteiger partial charge in [-0.25, -0.2) is 4.98 Å². The van der Waals surface area contributed by atoms with Gasteiger partial charge in [0.05, 0.1) is 19.9 Å². The Morgan fingerprint density at radius 1 is 1.24 bits per heavy atom. The Hall–Kier alpha value is -2.01. The number of benzene rings is 1. The van der Waals surface area contributed by atoms with Gasteiger partial charge in [-0.2, -0.15) is 0 Å². The quantitative estimate of drug-likeness (QED) is 0.873. The van der Waals surface area contributed by atoms with E-state index in [0.29, 0.717) is 35.2 Å². The lowest BCUT2D eigenvalue weighted by Gasteiger charge is -2.09. The van der Waals surface area contributed by atoms with Crippen LogP contribution in [0, 0.1) is 0 Å². The van der Waals surface area contributed by atoms with Crippen LogP contribution in [0.1, 0.15) is 5.69 Å². The normalized spacial score (nSPS) is 10.3. The molecule has 90 valence electrons. The first-order valence-electron chi connectivity index (χ1n) is 5.16. The number of ether oxygens (including phenoxy) is 2. The molecule has 0 aliphatic carbocycles. The fourth-order valence-corrected chi connectivity index (χ4v) is 1.58. The van der Waals surface area contributed by atoms with Gasteiger partial charge in [-0.1, -0.05) is 6.07 Å². The molecule has 1 aromatic heterocycles. The van der Waals surface area contributed by atoms with Gasteiger partial charge >= 0.3 is 0 Å². The summed E-state index contributed by atoms with van der Waals surface area (Å²) in [5.74, 6) is 1.74. The first kappa shape index (κ1) is 11.5. The molecule has 0 radical (unpaired) electrons. The number of aromatic nitrogens is 1. The third kappa shape index (κ3) is 2.09. The molecule has 0 fully saturated rings. The monoisotopic (exact) mass is 234 g/mol. The second-order valence-corrected chi connectivity index (χ2v) is 3.39. The number of hydrogen-bond acceptors (Lipinski definition) is 5. The summed E-state index contributed by atoms with van der Waals surface area (Å²) < 4.78 is 15.9. The van der Waals surface area contributed by atoms with Crippen molar-refractivity contribution in [2.24, 2.45) is 5.73 Å². The molecule has 0 bridgehead atoms. The lowest BCUT2D eigenvalue weighted by Crippen LogP contribution is -1.97. The van der Waals surface area contributed by atoms with E-state index in [1.807, 2.05) is 18.2 Å². The summed E-state index contributed by atoms with van der Waals surface area (Å²) in [6, 6.07) is 5.49. The smallest absolute Gasteiger partial charge is 0.233 e. The van der Waals surface area contributed by atoms with Crippen LogP contribution >= 0.6 is 0 Å². The third-order valence-electron chi connectivity index (χ3n) is 2.40. The van der Waals surface area contributed by atoms with Crippen LogP contribution in [0.4, 0.5) is 0 Å². The minimum atomic E-state index is 0.334. The van der Waals surface area contributed by atoms with Gasteiger partial charge in [0.15, 0.2) is 0 Å². The summed E-state index contributed by atoms with van der Waals surface area (Å²) in [5, 5.41) is 0. The Labute approximate surface area is 99.2 Å². The highest BCUT2D eigenvalue weighted by atomic mass is 16.5. The van der Waals surface area contributed by atoms with Gasteiger partial charge in [-0.3, -0.25) is 0 Å². The van der Waals surface area contributed by atoms with Crippen molar-refractivity contribution in [3.8, 4) is 23.0 Å². The summed E-state index contributed by atoms with van der Waals surface area (Å²) in [5.41, 5.74) is 6.88. The highest BCUT2D eigenvalue weighted by Gasteiger charge is 2.17. The first-order chi connectivity index (χ1) is 8.30. The van der Waals surface area contributed by atoms with E-state index in [0.717, 1.165) is 0 Å². The summed E-state index contributed by atoms with van der Waals surface area (Å²) >= 11 is 0. The molecule has 0 aliphatic heterocycles. The average molecular weight is 234 g/mol. The standard InChI is InChI=1S/C12H14N2O3/c1-15-9-4-3-5-10(16-2)11(9)12-14-8(6-13)7-17-12/h3-5,7H,6,13H2,1-2H3. The van der Waals surface area contributed by atoms with Crippen molar-refractivity contribution >= 4 is 0 Å². The molecule has 0 unspecified atom stereocenters. The van der Waals surface area contributed by atoms with Gasteiger partial charge in [0, 0.05) is 6.54 Å². The van der Waals surface area contributed by atoms with Crippen LogP contribution in [0.25, 0.3) is 11.5 Å². The topological polar surface area (TPSA) is 70.5 Å². The van der Waals surface area contributed by atoms with Crippen molar-refractivity contribution in [2.45, 2.75) is 6.54 Å². The minimum Gasteiger partial charge on any atom is -0.496 e. The van der Waals surface area contributed by atoms with E-state index < -0.39 is 0 Å². The first-order valence-corrected chi connectivity index (χ1v) is 5.16. The number of oxazole rings is 1. The van der Waals surface area contributed by atoms with E-state index in [2.05, 4.69) is 4.98 Å². The SMILES string of the molecule is COc1cccc(OC)c1-c1nc(CN)co1. The molecule has 0 saturated heterocycles. The number of methoxy groups -OCH3 is 2. The van der Waals surface area contributed by atoms with Crippen molar-refractivity contribution in [3.63, 3.8) is 0 Å². The predicted molar refractivity (Wildman–Crippen MR) is 62.9 cm³/mol. The zero-order valence-electron chi connectivity index (χ0n) is 9.77. The maximum atomic E-state index is 5.50. The second-order valence-electron chi connectivity index (χ2n) is 3.39. The van der Waals surface area contributed by atoms with Gasteiger partial charge in [-0.15, -0.1) is 0 Å². The molecule has 0 amide bonds. The zero-order chi connectivity index (χ0) is 12.3. The number of nitrogens with zero attached hydrogens (tertiary/aromatic N) is 1. The van der Waals surface area contributed by atoms with E-state index in [-0.39, 0.29) is 0 Å². The predicted octanol–water partition coefficient (Wildman–Crippen LogP) is 1.82. The summed E-state index contributed by atoms with van der Waals surface area (Å²) in [4.78, 5) is 4.26. The molecule has 0 saturated carbocycles. The van der Waals surface area contributed by atoms with Gasteiger partial charge in [-0.05, 0) is 12.1 Å². The van der Waals surface area contributed by atoms with E-state index in [1.54, 1.807) is 14.2 Å². The number of rotatable bonds is 4. The van der Waals surface area contributed by atoms with Crippen LogP contribution in [0.3, 0.4) is 0 Å². The van der Waals surface area contributed by atoms with Gasteiger partial charge < -0.3 is 19.6 Å². The Kier molecular flexibility index (Phi) is 3.30. The van der Waals surface area contributed by atoms with E-state index in [4.69, 9.17) is 19.6 Å². The Morgan fingerprint density at radius 3 is 2.35 bits per heavy atom. The summed E-state index contributed by atoms with van der Waals surface area (Å²) in [6.45, 7) is 0.334. The van der Waals surface area contributed by atoms with Crippen LogP contribution in [-0.4, -0.2) is 19.2 Å². The van der Waals surface area contributed by atoms with Gasteiger partial charge in [0.1, 0.15) is 23.3 Å². The maximum absolute atomic E-state index is 5.50. The summed E-state index contributed by atoms with van der Waals surface area (Å²) in [7, 11) is 3.18. The molecular weight excluding hydrogens is 220 g/mol. The average Bonchev–Trinajstić information content (AvgIpc) is 2.86. The van der Waals surface area contributed by atoms with Gasteiger partial charge in [0.25, 0.3) is 0 Å². The fraction of sp³-hybridized carbons (Fsp3) is 0.250. The van der Waals surface area contributed by atoms with Crippen molar-refractivity contribution in [2.75, 3.05) is 14.2 Å². The van der Waals surface area contributed by atoms with Crippen molar-refractivity contribution < 1.29 is 13.9 Å². The molecule has 1 heterocycles. The molecule has 0 aliphatic rings. The van der Waals surface area contributed by atoms with Crippen LogP contribution in [0.5, 0.6) is 11.5 Å². The van der Waals surface area contributed by atoms with Crippen LogP contribution in [0.15, 0.2) is 28.9 Å². The zero-order valence-corrected chi connectivity index (χ0v) is 9.77. The molecule has 1 aromatic carbocycles. The number of hydrogen-bond donors (Lipinski definition) is 1. The lowest BCUT2D eigenvalue weighted by atomic mass is 10.1. The van der Waals surface area contributed by atoms with E-state index in [9.17, 15) is 0 Å². The van der Waals surface area contributed by atoms with Crippen molar-refractivity contribution in [3.05, 3.63) is 30.2 Å². The molecule has 0 spiro atoms. The molecule has 2 rings (SSSR count). The van der Waals surface area contributed by atoms with Gasteiger partial charge in [0.2, 0.25) is 5.89 Å². The van der Waals surface area contributed by atoms with Crippen LogP contribution in [-0.2, 0) is 6.54 Å². The van der Waals surface area contributed by atoms with Crippen LogP contribution in [0.2, 0.25) is 0 Å². The van der Waals surface area contributed by atoms with Crippen molar-refractivity contribution in [1.29, 1.82) is 0 Å². The molecule has 5 heteroatoms. The second kappa shape index (κ2) is 4.88. The Balaban J connectivity index is 2.55. The molecule has 17 heavy (non-hydrogen) atoms. The lowest BCUT2D eigenvalue weighted by molar-refractivity contribution is 0.394. The number of nitrogens with two attached hydrogens (primary N) is 1.